The van der Waals surface area contributed by atoms with Crippen LogP contribution in [-0.2, 0) is 4.74 Å². The number of hydrogen-bond donors (Lipinski definition) is 2. The summed E-state index contributed by atoms with van der Waals surface area (Å²) in [4.78, 5) is 13.1. The number of anilines is 2. The SMILES string of the molecule is CCCC1CC1Nc1sc(C(=O)OC)c(N)c1SC. The highest BCUT2D eigenvalue weighted by Gasteiger charge is 2.37. The summed E-state index contributed by atoms with van der Waals surface area (Å²) in [6.45, 7) is 2.21. The van der Waals surface area contributed by atoms with Crippen LogP contribution in [0.1, 0.15) is 35.9 Å². The van der Waals surface area contributed by atoms with Gasteiger partial charge < -0.3 is 15.8 Å². The smallest absolute Gasteiger partial charge is 0.350 e. The van der Waals surface area contributed by atoms with Gasteiger partial charge in [0, 0.05) is 6.04 Å². The van der Waals surface area contributed by atoms with Gasteiger partial charge in [0.25, 0.3) is 0 Å². The minimum Gasteiger partial charge on any atom is -0.465 e. The molecule has 1 aromatic heterocycles. The quantitative estimate of drug-likeness (QED) is 0.622. The third kappa shape index (κ3) is 3.00. The molecule has 0 bridgehead atoms. The molecule has 0 amide bonds. The van der Waals surface area contributed by atoms with Crippen LogP contribution in [0.2, 0.25) is 0 Å². The minimum atomic E-state index is -0.355. The Morgan fingerprint density at radius 3 is 2.95 bits per heavy atom. The van der Waals surface area contributed by atoms with E-state index in [1.807, 2.05) is 6.26 Å². The first-order valence-corrected chi connectivity index (χ1v) is 8.47. The average molecular weight is 300 g/mol. The van der Waals surface area contributed by atoms with Gasteiger partial charge in [-0.3, -0.25) is 0 Å². The molecule has 1 aliphatic rings. The molecule has 3 N–H and O–H groups in total. The molecule has 0 radical (unpaired) electrons. The maximum Gasteiger partial charge on any atom is 0.350 e. The Balaban J connectivity index is 2.14. The third-order valence-corrected chi connectivity index (χ3v) is 5.45. The van der Waals surface area contributed by atoms with Crippen LogP contribution >= 0.6 is 23.1 Å². The Bertz CT molecular complexity index is 473. The molecule has 0 aliphatic heterocycles. The molecule has 1 fully saturated rings. The number of ether oxygens (including phenoxy) is 1. The number of nitrogens with one attached hydrogen (secondary N) is 1. The molecule has 106 valence electrons. The molecule has 2 rings (SSSR count). The van der Waals surface area contributed by atoms with Crippen LogP contribution in [0.4, 0.5) is 10.7 Å². The summed E-state index contributed by atoms with van der Waals surface area (Å²) in [5.74, 6) is 0.413. The van der Waals surface area contributed by atoms with Crippen molar-refractivity contribution in [3.63, 3.8) is 0 Å². The van der Waals surface area contributed by atoms with Crippen molar-refractivity contribution in [1.29, 1.82) is 0 Å². The molecule has 0 aromatic carbocycles. The van der Waals surface area contributed by atoms with E-state index < -0.39 is 0 Å². The molecular formula is C13H20N2O2S2. The van der Waals surface area contributed by atoms with Crippen LogP contribution in [0.25, 0.3) is 0 Å². The Kier molecular flexibility index (Phi) is 4.62. The number of carbonyl (C=O) groups is 1. The van der Waals surface area contributed by atoms with E-state index in [4.69, 9.17) is 10.5 Å². The lowest BCUT2D eigenvalue weighted by Crippen LogP contribution is -2.03. The van der Waals surface area contributed by atoms with Crippen LogP contribution in [0.15, 0.2) is 4.90 Å². The van der Waals surface area contributed by atoms with Gasteiger partial charge in [-0.15, -0.1) is 23.1 Å². The molecule has 0 saturated heterocycles. The van der Waals surface area contributed by atoms with Crippen molar-refractivity contribution >= 4 is 39.8 Å². The number of esters is 1. The standard InChI is InChI=1S/C13H20N2O2S2/c1-4-5-7-6-8(7)15-12-10(18-3)9(14)11(19-12)13(16)17-2/h7-8,15H,4-6,14H2,1-3H3. The normalized spacial score (nSPS) is 21.2. The maximum absolute atomic E-state index is 11.7. The Morgan fingerprint density at radius 1 is 1.63 bits per heavy atom. The van der Waals surface area contributed by atoms with Crippen LogP contribution in [-0.4, -0.2) is 25.4 Å². The van der Waals surface area contributed by atoms with Crippen LogP contribution in [0, 0.1) is 5.92 Å². The van der Waals surface area contributed by atoms with E-state index in [0.717, 1.165) is 15.8 Å². The molecule has 1 aromatic rings. The van der Waals surface area contributed by atoms with E-state index in [1.54, 1.807) is 11.8 Å². The van der Waals surface area contributed by atoms with Gasteiger partial charge in [-0.2, -0.15) is 0 Å². The van der Waals surface area contributed by atoms with E-state index >= 15 is 0 Å². The predicted molar refractivity (Wildman–Crippen MR) is 82.3 cm³/mol. The molecule has 0 spiro atoms. The van der Waals surface area contributed by atoms with Gasteiger partial charge >= 0.3 is 5.97 Å². The summed E-state index contributed by atoms with van der Waals surface area (Å²) in [5.41, 5.74) is 6.57. The Labute approximate surface area is 122 Å². The molecular weight excluding hydrogens is 280 g/mol. The van der Waals surface area contributed by atoms with Crippen molar-refractivity contribution in [2.24, 2.45) is 5.92 Å². The zero-order valence-electron chi connectivity index (χ0n) is 11.5. The third-order valence-electron chi connectivity index (χ3n) is 3.37. The lowest BCUT2D eigenvalue weighted by molar-refractivity contribution is 0.0607. The first-order chi connectivity index (χ1) is 9.12. The number of thiophene rings is 1. The van der Waals surface area contributed by atoms with Gasteiger partial charge in [-0.05, 0) is 25.0 Å². The summed E-state index contributed by atoms with van der Waals surface area (Å²) < 4.78 is 4.76. The van der Waals surface area contributed by atoms with E-state index in [0.29, 0.717) is 16.6 Å². The largest absolute Gasteiger partial charge is 0.465 e. The average Bonchev–Trinajstić information content (AvgIpc) is 3.04. The van der Waals surface area contributed by atoms with E-state index in [2.05, 4.69) is 12.2 Å². The molecule has 6 heteroatoms. The number of methoxy groups -OCH3 is 1. The lowest BCUT2D eigenvalue weighted by Gasteiger charge is -2.05. The minimum absolute atomic E-state index is 0.355. The zero-order chi connectivity index (χ0) is 14.0. The van der Waals surface area contributed by atoms with E-state index in [1.165, 1.54) is 37.7 Å². The number of carbonyl (C=O) groups excluding carboxylic acids is 1. The van der Waals surface area contributed by atoms with E-state index in [-0.39, 0.29) is 5.97 Å². The number of nitrogens with two attached hydrogens (primary N) is 1. The van der Waals surface area contributed by atoms with Crippen LogP contribution in [0.3, 0.4) is 0 Å². The molecule has 1 aliphatic carbocycles. The second-order valence-electron chi connectivity index (χ2n) is 4.73. The molecule has 4 nitrogen and oxygen atoms in total. The van der Waals surface area contributed by atoms with E-state index in [9.17, 15) is 4.79 Å². The number of rotatable bonds is 6. The van der Waals surface area contributed by atoms with Crippen molar-refractivity contribution in [2.45, 2.75) is 37.1 Å². The molecule has 2 atom stereocenters. The predicted octanol–water partition coefficient (Wildman–Crippen LogP) is 3.44. The Hall–Kier alpha value is -0.880. The topological polar surface area (TPSA) is 64.3 Å². The summed E-state index contributed by atoms with van der Waals surface area (Å²) in [6.07, 6.45) is 5.67. The maximum atomic E-state index is 11.7. The van der Waals surface area contributed by atoms with Crippen molar-refractivity contribution in [3.8, 4) is 0 Å². The van der Waals surface area contributed by atoms with Crippen LogP contribution in [0.5, 0.6) is 0 Å². The monoisotopic (exact) mass is 300 g/mol. The fourth-order valence-corrected chi connectivity index (χ4v) is 4.26. The summed E-state index contributed by atoms with van der Waals surface area (Å²) in [6, 6.07) is 0.536. The first kappa shape index (κ1) is 14.5. The zero-order valence-corrected chi connectivity index (χ0v) is 13.1. The second-order valence-corrected chi connectivity index (χ2v) is 6.57. The van der Waals surface area contributed by atoms with Gasteiger partial charge in [0.05, 0.1) is 17.7 Å². The Morgan fingerprint density at radius 2 is 2.37 bits per heavy atom. The van der Waals surface area contributed by atoms with Gasteiger partial charge in [0.15, 0.2) is 0 Å². The highest BCUT2D eigenvalue weighted by Crippen LogP contribution is 2.45. The van der Waals surface area contributed by atoms with Gasteiger partial charge in [0.1, 0.15) is 9.88 Å². The fraction of sp³-hybridized carbons (Fsp3) is 0.615. The van der Waals surface area contributed by atoms with Crippen molar-refractivity contribution < 1.29 is 9.53 Å². The van der Waals surface area contributed by atoms with Crippen molar-refractivity contribution in [2.75, 3.05) is 24.4 Å². The van der Waals surface area contributed by atoms with Crippen LogP contribution < -0.4 is 11.1 Å². The van der Waals surface area contributed by atoms with Crippen molar-refractivity contribution in [3.05, 3.63) is 4.88 Å². The summed E-state index contributed by atoms with van der Waals surface area (Å²) in [7, 11) is 1.38. The summed E-state index contributed by atoms with van der Waals surface area (Å²) in [5, 5.41) is 4.53. The fourth-order valence-electron chi connectivity index (χ4n) is 2.25. The lowest BCUT2D eigenvalue weighted by atomic mass is 10.2. The van der Waals surface area contributed by atoms with Crippen molar-refractivity contribution in [1.82, 2.24) is 0 Å². The number of hydrogen-bond acceptors (Lipinski definition) is 6. The summed E-state index contributed by atoms with van der Waals surface area (Å²) >= 11 is 2.97. The molecule has 1 saturated carbocycles. The van der Waals surface area contributed by atoms with Gasteiger partial charge in [-0.25, -0.2) is 4.79 Å². The van der Waals surface area contributed by atoms with Gasteiger partial charge in [-0.1, -0.05) is 13.3 Å². The molecule has 1 heterocycles. The number of thioether (sulfide) groups is 1. The molecule has 2 unspecified atom stereocenters. The first-order valence-electron chi connectivity index (χ1n) is 6.43. The highest BCUT2D eigenvalue weighted by atomic mass is 32.2. The van der Waals surface area contributed by atoms with Gasteiger partial charge in [0.2, 0.25) is 0 Å². The highest BCUT2D eigenvalue weighted by molar-refractivity contribution is 7.99. The second kappa shape index (κ2) is 6.05. The molecule has 19 heavy (non-hydrogen) atoms. The number of nitrogen functional groups attached to an aromatic ring is 1.